The van der Waals surface area contributed by atoms with Crippen molar-refractivity contribution in [2.75, 3.05) is 4.90 Å². The lowest BCUT2D eigenvalue weighted by molar-refractivity contribution is -0.121. The van der Waals surface area contributed by atoms with Gasteiger partial charge < -0.3 is 5.11 Å². The van der Waals surface area contributed by atoms with Gasteiger partial charge in [0.2, 0.25) is 0 Å². The summed E-state index contributed by atoms with van der Waals surface area (Å²) < 4.78 is 0. The van der Waals surface area contributed by atoms with E-state index in [0.29, 0.717) is 35.1 Å². The van der Waals surface area contributed by atoms with Crippen LogP contribution in [-0.2, 0) is 4.79 Å². The molecule has 0 saturated heterocycles. The maximum absolute atomic E-state index is 14.1. The number of rotatable bonds is 8. The van der Waals surface area contributed by atoms with Crippen LogP contribution in [0.3, 0.4) is 0 Å². The van der Waals surface area contributed by atoms with E-state index in [1.807, 2.05) is 55.5 Å². The van der Waals surface area contributed by atoms with Gasteiger partial charge in [0.25, 0.3) is 5.91 Å². The summed E-state index contributed by atoms with van der Waals surface area (Å²) in [6.07, 6.45) is 6.11. The Hall–Kier alpha value is -3.40. The molecule has 0 aromatic heterocycles. The van der Waals surface area contributed by atoms with Crippen LogP contribution in [0.25, 0.3) is 0 Å². The highest BCUT2D eigenvalue weighted by atomic mass is 16.3. The molecule has 4 heteroatoms. The van der Waals surface area contributed by atoms with Crippen molar-refractivity contribution in [3.63, 3.8) is 0 Å². The van der Waals surface area contributed by atoms with Crippen LogP contribution < -0.4 is 4.90 Å². The van der Waals surface area contributed by atoms with Gasteiger partial charge in [-0.1, -0.05) is 82.3 Å². The maximum Gasteiger partial charge on any atom is 0.259 e. The average Bonchev–Trinajstić information content (AvgIpc) is 2.89. The minimum Gasteiger partial charge on any atom is -0.508 e. The summed E-state index contributed by atoms with van der Waals surface area (Å²) in [5.74, 6) is 0.731. The molecule has 3 aromatic rings. The average molecular weight is 484 g/mol. The number of hydrogen-bond donors (Lipinski definition) is 1. The summed E-state index contributed by atoms with van der Waals surface area (Å²) in [5, 5.41) is 10.2. The number of aryl methyl sites for hydroxylation is 1. The maximum atomic E-state index is 14.1. The van der Waals surface area contributed by atoms with Gasteiger partial charge in [0, 0.05) is 17.7 Å². The molecule has 0 radical (unpaired) electrons. The van der Waals surface area contributed by atoms with Gasteiger partial charge in [-0.3, -0.25) is 14.5 Å². The van der Waals surface area contributed by atoms with Gasteiger partial charge in [0.1, 0.15) is 11.8 Å². The molecule has 36 heavy (non-hydrogen) atoms. The van der Waals surface area contributed by atoms with E-state index < -0.39 is 6.04 Å². The van der Waals surface area contributed by atoms with Crippen LogP contribution in [0.5, 0.6) is 5.75 Å². The number of phenols is 1. The molecule has 4 nitrogen and oxygen atoms in total. The summed E-state index contributed by atoms with van der Waals surface area (Å²) in [5.41, 5.74) is 3.82. The molecule has 1 aliphatic carbocycles. The molecule has 0 spiro atoms. The van der Waals surface area contributed by atoms with Gasteiger partial charge in [-0.05, 0) is 71.8 Å². The lowest BCUT2D eigenvalue weighted by atomic mass is 9.83. The van der Waals surface area contributed by atoms with E-state index in [1.165, 1.54) is 12.0 Å². The SMILES string of the molecule is Cc1cc(C(C(=O)CC2CCCCC2)N(C(=O)c2ccccc2)c2ccc(C(C)C)cc2)ccc1O. The summed E-state index contributed by atoms with van der Waals surface area (Å²) in [6, 6.07) is 21.6. The smallest absolute Gasteiger partial charge is 0.259 e. The van der Waals surface area contributed by atoms with Gasteiger partial charge in [0.15, 0.2) is 5.78 Å². The largest absolute Gasteiger partial charge is 0.508 e. The standard InChI is InChI=1S/C32H37NO3/c1-22(2)25-14-17-28(18-15-25)33(32(36)26-12-8-5-9-13-26)31(27-16-19-29(34)23(3)20-27)30(35)21-24-10-6-4-7-11-24/h5,8-9,12-20,22,24,31,34H,4,6-7,10-11,21H2,1-3H3. The van der Waals surface area contributed by atoms with Crippen molar-refractivity contribution in [2.24, 2.45) is 5.92 Å². The van der Waals surface area contributed by atoms with Crippen molar-refractivity contribution in [1.82, 2.24) is 0 Å². The summed E-state index contributed by atoms with van der Waals surface area (Å²) in [7, 11) is 0. The number of ketones is 1. The third kappa shape index (κ3) is 5.87. The summed E-state index contributed by atoms with van der Waals surface area (Å²) >= 11 is 0. The number of carbonyl (C=O) groups excluding carboxylic acids is 2. The molecule has 1 N–H and O–H groups in total. The molecular formula is C32H37NO3. The zero-order valence-electron chi connectivity index (χ0n) is 21.6. The molecule has 3 aromatic carbocycles. The zero-order valence-corrected chi connectivity index (χ0v) is 21.6. The number of anilines is 1. The number of nitrogens with zero attached hydrogens (tertiary/aromatic N) is 1. The highest BCUT2D eigenvalue weighted by Crippen LogP contribution is 2.36. The van der Waals surface area contributed by atoms with Crippen LogP contribution in [0.4, 0.5) is 5.69 Å². The minimum absolute atomic E-state index is 0.0456. The monoisotopic (exact) mass is 483 g/mol. The van der Waals surface area contributed by atoms with Crippen molar-refractivity contribution >= 4 is 17.4 Å². The van der Waals surface area contributed by atoms with E-state index in [4.69, 9.17) is 0 Å². The Morgan fingerprint density at radius 3 is 2.14 bits per heavy atom. The van der Waals surface area contributed by atoms with Crippen LogP contribution in [0.1, 0.15) is 91.4 Å². The van der Waals surface area contributed by atoms with Crippen molar-refractivity contribution in [3.8, 4) is 5.75 Å². The second kappa shape index (κ2) is 11.6. The highest BCUT2D eigenvalue weighted by Gasteiger charge is 2.34. The van der Waals surface area contributed by atoms with Crippen LogP contribution in [0.15, 0.2) is 72.8 Å². The lowest BCUT2D eigenvalue weighted by Crippen LogP contribution is -2.40. The number of benzene rings is 3. The molecule has 0 heterocycles. The number of aromatic hydroxyl groups is 1. The summed E-state index contributed by atoms with van der Waals surface area (Å²) in [4.78, 5) is 29.8. The fourth-order valence-corrected chi connectivity index (χ4v) is 5.24. The fraction of sp³-hybridized carbons (Fsp3) is 0.375. The first kappa shape index (κ1) is 25.7. The summed E-state index contributed by atoms with van der Waals surface area (Å²) in [6.45, 7) is 6.09. The quantitative estimate of drug-likeness (QED) is 0.356. The Morgan fingerprint density at radius 2 is 1.53 bits per heavy atom. The predicted molar refractivity (Wildman–Crippen MR) is 146 cm³/mol. The Morgan fingerprint density at radius 1 is 0.889 bits per heavy atom. The first-order valence-corrected chi connectivity index (χ1v) is 13.2. The van der Waals surface area contributed by atoms with Crippen LogP contribution in [0, 0.1) is 12.8 Å². The minimum atomic E-state index is -0.774. The van der Waals surface area contributed by atoms with Gasteiger partial charge in [-0.25, -0.2) is 0 Å². The molecule has 1 saturated carbocycles. The second-order valence-electron chi connectivity index (χ2n) is 10.4. The Bertz CT molecular complexity index is 1180. The van der Waals surface area contributed by atoms with E-state index in [2.05, 4.69) is 13.8 Å². The van der Waals surface area contributed by atoms with Gasteiger partial charge in [-0.2, -0.15) is 0 Å². The fourth-order valence-electron chi connectivity index (χ4n) is 5.24. The molecule has 188 valence electrons. The first-order valence-electron chi connectivity index (χ1n) is 13.2. The molecule has 0 aliphatic heterocycles. The molecule has 1 aliphatic rings. The van der Waals surface area contributed by atoms with Gasteiger partial charge in [-0.15, -0.1) is 0 Å². The number of amides is 1. The van der Waals surface area contributed by atoms with Gasteiger partial charge >= 0.3 is 0 Å². The molecule has 1 amide bonds. The van der Waals surface area contributed by atoms with Crippen LogP contribution in [-0.4, -0.2) is 16.8 Å². The number of phenolic OH excluding ortho intramolecular Hbond substituents is 1. The zero-order chi connectivity index (χ0) is 25.7. The van der Waals surface area contributed by atoms with Crippen molar-refractivity contribution < 1.29 is 14.7 Å². The topological polar surface area (TPSA) is 57.6 Å². The third-order valence-corrected chi connectivity index (χ3v) is 7.39. The number of carbonyl (C=O) groups is 2. The second-order valence-corrected chi connectivity index (χ2v) is 10.4. The van der Waals surface area contributed by atoms with E-state index in [-0.39, 0.29) is 17.4 Å². The number of Topliss-reactive ketones (excluding diaryl/α,β-unsaturated/α-hetero) is 1. The normalized spacial score (nSPS) is 15.0. The lowest BCUT2D eigenvalue weighted by Gasteiger charge is -2.33. The van der Waals surface area contributed by atoms with Crippen molar-refractivity contribution in [1.29, 1.82) is 0 Å². The van der Waals surface area contributed by atoms with Crippen molar-refractivity contribution in [2.45, 2.75) is 71.3 Å². The molecule has 0 bridgehead atoms. The van der Waals surface area contributed by atoms with Gasteiger partial charge in [0.05, 0.1) is 0 Å². The molecule has 1 fully saturated rings. The Kier molecular flexibility index (Phi) is 8.25. The first-order chi connectivity index (χ1) is 17.3. The Balaban J connectivity index is 1.82. The van der Waals surface area contributed by atoms with E-state index >= 15 is 0 Å². The predicted octanol–water partition coefficient (Wildman–Crippen LogP) is 7.75. The number of hydrogen-bond acceptors (Lipinski definition) is 3. The van der Waals surface area contributed by atoms with Crippen LogP contribution in [0.2, 0.25) is 0 Å². The van der Waals surface area contributed by atoms with Crippen LogP contribution >= 0.6 is 0 Å². The molecule has 4 rings (SSSR count). The van der Waals surface area contributed by atoms with E-state index in [0.717, 1.165) is 31.2 Å². The third-order valence-electron chi connectivity index (χ3n) is 7.39. The molecule has 1 atom stereocenters. The van der Waals surface area contributed by atoms with Crippen molar-refractivity contribution in [3.05, 3.63) is 95.1 Å². The Labute approximate surface area is 215 Å². The van der Waals surface area contributed by atoms with E-state index in [9.17, 15) is 14.7 Å². The highest BCUT2D eigenvalue weighted by molar-refractivity contribution is 6.10. The molecule has 1 unspecified atom stereocenters. The van der Waals surface area contributed by atoms with E-state index in [1.54, 1.807) is 29.2 Å². The molecular weight excluding hydrogens is 446 g/mol.